The zero-order chi connectivity index (χ0) is 19.8. The van der Waals surface area contributed by atoms with Crippen molar-refractivity contribution in [3.8, 4) is 23.0 Å². The molecule has 0 fully saturated rings. The molecule has 0 aromatic carbocycles. The van der Waals surface area contributed by atoms with Crippen LogP contribution in [0.4, 0.5) is 0 Å². The van der Waals surface area contributed by atoms with Gasteiger partial charge in [-0.3, -0.25) is 0 Å². The molecule has 0 aliphatic heterocycles. The number of methoxy groups -OCH3 is 4. The van der Waals surface area contributed by atoms with Crippen molar-refractivity contribution >= 4 is 73.0 Å². The summed E-state index contributed by atoms with van der Waals surface area (Å²) in [6.07, 6.45) is 2.27. The van der Waals surface area contributed by atoms with Crippen molar-refractivity contribution in [3.05, 3.63) is 0 Å². The first-order chi connectivity index (χ1) is 13.1. The molecule has 4 nitrogen and oxygen atoms in total. The molecule has 0 amide bonds. The summed E-state index contributed by atoms with van der Waals surface area (Å²) in [6.45, 7) is 4.38. The number of ether oxygens (including phenoxy) is 4. The summed E-state index contributed by atoms with van der Waals surface area (Å²) in [5.74, 6) is 5.69. The molecule has 0 aliphatic rings. The summed E-state index contributed by atoms with van der Waals surface area (Å²) in [5.41, 5.74) is 0. The molecular formula is C18H26O4S4Te. The third kappa shape index (κ3) is 5.58. The SMILES string of the molecule is CCCSc1sc([Te]c2sc(SCCC)c(OC)c2OC)c(OC)c1OC. The van der Waals surface area contributed by atoms with E-state index in [9.17, 15) is 0 Å². The molecule has 0 unspecified atom stereocenters. The van der Waals surface area contributed by atoms with Crippen molar-refractivity contribution < 1.29 is 18.9 Å². The predicted octanol–water partition coefficient (Wildman–Crippen LogP) is 4.50. The third-order valence-electron chi connectivity index (χ3n) is 3.40. The van der Waals surface area contributed by atoms with Crippen LogP contribution in [0, 0.1) is 0 Å². The predicted molar refractivity (Wildman–Crippen MR) is 122 cm³/mol. The van der Waals surface area contributed by atoms with Crippen LogP contribution in [0.25, 0.3) is 0 Å². The third-order valence-corrected chi connectivity index (χ3v) is 12.9. The van der Waals surface area contributed by atoms with Gasteiger partial charge in [0.15, 0.2) is 0 Å². The first-order valence-corrected chi connectivity index (χ1v) is 14.5. The van der Waals surface area contributed by atoms with Gasteiger partial charge < -0.3 is 0 Å². The fourth-order valence-corrected chi connectivity index (χ4v) is 13.2. The van der Waals surface area contributed by atoms with Gasteiger partial charge in [-0.25, -0.2) is 0 Å². The first-order valence-electron chi connectivity index (χ1n) is 8.57. The van der Waals surface area contributed by atoms with E-state index in [2.05, 4.69) is 13.8 Å². The van der Waals surface area contributed by atoms with Crippen LogP contribution in [0.1, 0.15) is 26.7 Å². The molecule has 0 spiro atoms. The van der Waals surface area contributed by atoms with E-state index in [1.54, 1.807) is 51.1 Å². The molecule has 0 atom stereocenters. The molecular weight excluding hydrogens is 536 g/mol. The second-order valence-electron chi connectivity index (χ2n) is 5.29. The van der Waals surface area contributed by atoms with Crippen LogP contribution in [0.3, 0.4) is 0 Å². The van der Waals surface area contributed by atoms with Gasteiger partial charge in [0.25, 0.3) is 0 Å². The Kier molecular flexibility index (Phi) is 10.3. The second kappa shape index (κ2) is 11.9. The van der Waals surface area contributed by atoms with E-state index >= 15 is 0 Å². The molecule has 0 bridgehead atoms. The van der Waals surface area contributed by atoms with Crippen LogP contribution >= 0.6 is 46.2 Å². The summed E-state index contributed by atoms with van der Waals surface area (Å²) < 4.78 is 27.8. The Morgan fingerprint density at radius 3 is 1.33 bits per heavy atom. The van der Waals surface area contributed by atoms with E-state index in [4.69, 9.17) is 18.9 Å². The molecule has 2 rings (SSSR count). The van der Waals surface area contributed by atoms with E-state index in [1.807, 2.05) is 23.5 Å². The van der Waals surface area contributed by atoms with Crippen LogP contribution in [-0.4, -0.2) is 60.9 Å². The van der Waals surface area contributed by atoms with Crippen molar-refractivity contribution in [2.75, 3.05) is 39.9 Å². The molecule has 0 saturated heterocycles. The number of thioether (sulfide) groups is 2. The van der Waals surface area contributed by atoms with E-state index < -0.39 is 20.9 Å². The summed E-state index contributed by atoms with van der Waals surface area (Å²) in [6, 6.07) is 0. The van der Waals surface area contributed by atoms with E-state index in [0.29, 0.717) is 0 Å². The molecule has 2 aromatic heterocycles. The van der Waals surface area contributed by atoms with Crippen LogP contribution in [-0.2, 0) is 0 Å². The molecule has 9 heteroatoms. The molecule has 0 radical (unpaired) electrons. The van der Waals surface area contributed by atoms with Crippen molar-refractivity contribution in [1.29, 1.82) is 0 Å². The molecule has 2 aromatic rings. The van der Waals surface area contributed by atoms with Gasteiger partial charge in [-0.2, -0.15) is 0 Å². The van der Waals surface area contributed by atoms with Gasteiger partial charge in [-0.15, -0.1) is 0 Å². The average Bonchev–Trinajstić information content (AvgIpc) is 3.20. The van der Waals surface area contributed by atoms with Gasteiger partial charge in [0, 0.05) is 0 Å². The summed E-state index contributed by atoms with van der Waals surface area (Å²) >= 11 is 6.61. The molecule has 27 heavy (non-hydrogen) atoms. The Morgan fingerprint density at radius 1 is 0.667 bits per heavy atom. The normalized spacial score (nSPS) is 10.9. The monoisotopic (exact) mass is 564 g/mol. The Hall–Kier alpha value is 0.0896. The Bertz CT molecular complexity index is 669. The minimum absolute atomic E-state index is 0.682. The van der Waals surface area contributed by atoms with Crippen molar-refractivity contribution in [2.45, 2.75) is 35.1 Å². The fourth-order valence-electron chi connectivity index (χ4n) is 2.23. The quantitative estimate of drug-likeness (QED) is 0.280. The van der Waals surface area contributed by atoms with Crippen LogP contribution < -0.4 is 24.8 Å². The summed E-state index contributed by atoms with van der Waals surface area (Å²) in [5, 5.41) is 0. The van der Waals surface area contributed by atoms with E-state index in [-0.39, 0.29) is 0 Å². The summed E-state index contributed by atoms with van der Waals surface area (Å²) in [7, 11) is 6.90. The van der Waals surface area contributed by atoms with Gasteiger partial charge in [0.1, 0.15) is 0 Å². The summed E-state index contributed by atoms with van der Waals surface area (Å²) in [4.78, 5) is 0. The zero-order valence-electron chi connectivity index (χ0n) is 16.5. The van der Waals surface area contributed by atoms with E-state index in [0.717, 1.165) is 47.3 Å². The maximum atomic E-state index is 5.73. The molecule has 0 aliphatic carbocycles. The molecule has 0 N–H and O–H groups in total. The molecule has 0 saturated carbocycles. The van der Waals surface area contributed by atoms with Gasteiger partial charge in [-0.05, 0) is 0 Å². The maximum absolute atomic E-state index is 5.73. The first kappa shape index (κ1) is 23.4. The average molecular weight is 562 g/mol. The number of rotatable bonds is 12. The number of hydrogen-bond donors (Lipinski definition) is 0. The van der Waals surface area contributed by atoms with Gasteiger partial charge in [0.05, 0.1) is 0 Å². The number of thiophene rings is 2. The van der Waals surface area contributed by atoms with Crippen LogP contribution in [0.15, 0.2) is 8.42 Å². The Morgan fingerprint density at radius 2 is 1.04 bits per heavy atom. The number of hydrogen-bond acceptors (Lipinski definition) is 8. The minimum atomic E-state index is -0.682. The van der Waals surface area contributed by atoms with E-state index in [1.165, 1.54) is 14.3 Å². The topological polar surface area (TPSA) is 36.9 Å². The van der Waals surface area contributed by atoms with Crippen molar-refractivity contribution in [1.82, 2.24) is 0 Å². The zero-order valence-corrected chi connectivity index (χ0v) is 22.1. The fraction of sp³-hybridized carbons (Fsp3) is 0.556. The van der Waals surface area contributed by atoms with Gasteiger partial charge in [-0.1, -0.05) is 0 Å². The van der Waals surface area contributed by atoms with Crippen LogP contribution in [0.2, 0.25) is 0 Å². The van der Waals surface area contributed by atoms with Gasteiger partial charge >= 0.3 is 190 Å². The standard InChI is InChI=1S/C18H26O4S4Te/c1-7-9-23-15-11(19-3)13(21-5)17(25-15)27-18-14(22-6)12(20-4)16(26-18)24-10-8-2/h7-10H2,1-6H3. The molecule has 152 valence electrons. The Labute approximate surface area is 188 Å². The van der Waals surface area contributed by atoms with Crippen molar-refractivity contribution in [2.24, 2.45) is 0 Å². The van der Waals surface area contributed by atoms with Crippen molar-refractivity contribution in [3.63, 3.8) is 0 Å². The Balaban J connectivity index is 2.40. The van der Waals surface area contributed by atoms with Crippen LogP contribution in [0.5, 0.6) is 23.0 Å². The second-order valence-corrected chi connectivity index (χ2v) is 14.6. The molecule has 2 heterocycles. The van der Waals surface area contributed by atoms with Gasteiger partial charge in [0.2, 0.25) is 0 Å².